The number of thiocyanates is 1. The van der Waals surface area contributed by atoms with Gasteiger partial charge in [0.05, 0.1) is 0 Å². The van der Waals surface area contributed by atoms with Crippen LogP contribution in [-0.2, 0) is 0 Å². The summed E-state index contributed by atoms with van der Waals surface area (Å²) in [5, 5.41) is 8.63. The van der Waals surface area contributed by atoms with Gasteiger partial charge in [-0.25, -0.2) is 0 Å². The van der Waals surface area contributed by atoms with E-state index in [1.807, 2.05) is 0 Å². The van der Waals surface area contributed by atoms with Gasteiger partial charge < -0.3 is 17.3 Å². The Morgan fingerprint density at radius 1 is 1.22 bits per heavy atom. The van der Waals surface area contributed by atoms with E-state index in [1.54, 1.807) is 0 Å². The molecule has 0 unspecified atom stereocenters. The summed E-state index contributed by atoms with van der Waals surface area (Å²) in [4.78, 5) is 0. The standard InChI is InChI=1S/CHNS.BF4.K.H/c2-1-3;2-1(3,4)5;;/h3H;;;/q;-1;;. The molecule has 0 aliphatic carbocycles. The van der Waals surface area contributed by atoms with Gasteiger partial charge in [-0.15, -0.1) is 0 Å². The summed E-state index contributed by atoms with van der Waals surface area (Å²) in [7, 11) is -6.00. The van der Waals surface area contributed by atoms with Gasteiger partial charge in [-0.2, -0.15) is 5.26 Å². The molecule has 0 fully saturated rings. The average molecular weight is 186 g/mol. The zero-order valence-corrected chi connectivity index (χ0v) is 4.38. The molecular formula is CH2BF4KNS-. The van der Waals surface area contributed by atoms with Crippen LogP contribution in [0, 0.1) is 10.7 Å². The van der Waals surface area contributed by atoms with E-state index in [-0.39, 0.29) is 51.4 Å². The van der Waals surface area contributed by atoms with Crippen molar-refractivity contribution in [1.29, 1.82) is 5.26 Å². The third kappa shape index (κ3) is 307. The van der Waals surface area contributed by atoms with Crippen LogP contribution in [0.3, 0.4) is 0 Å². The number of halogens is 4. The SMILES string of the molecule is F[B-](F)(F)F.N#CS.[KH]. The molecule has 1 nitrogen and oxygen atoms in total. The third-order valence-corrected chi connectivity index (χ3v) is 0. The first kappa shape index (κ1) is 16.7. The van der Waals surface area contributed by atoms with Gasteiger partial charge in [0.1, 0.15) is 5.40 Å². The molecule has 0 aliphatic heterocycles. The van der Waals surface area contributed by atoms with Crippen LogP contribution in [0.25, 0.3) is 0 Å². The Kier molecular flexibility index (Phi) is 17.2. The molecule has 0 spiro atoms. The Bertz CT molecular complexity index is 81.5. The quantitative estimate of drug-likeness (QED) is 0.260. The molecule has 0 atom stereocenters. The number of nitrogens with zero attached hydrogens (tertiary/aromatic N) is 1. The molecule has 0 saturated heterocycles. The Balaban J connectivity index is -0.0000000800. The van der Waals surface area contributed by atoms with E-state index in [9.17, 15) is 17.3 Å². The van der Waals surface area contributed by atoms with E-state index >= 15 is 0 Å². The Morgan fingerprint density at radius 2 is 1.22 bits per heavy atom. The van der Waals surface area contributed by atoms with Gasteiger partial charge in [-0.1, -0.05) is 12.6 Å². The first-order chi connectivity index (χ1) is 3.41. The van der Waals surface area contributed by atoms with Gasteiger partial charge in [0.2, 0.25) is 0 Å². The molecular weight excluding hydrogens is 184 g/mol. The van der Waals surface area contributed by atoms with E-state index in [0.717, 1.165) is 0 Å². The monoisotopic (exact) mass is 186 g/mol. The Hall–Kier alpha value is 1.26. The van der Waals surface area contributed by atoms with Crippen molar-refractivity contribution >= 4 is 71.3 Å². The van der Waals surface area contributed by atoms with Crippen molar-refractivity contribution in [3.8, 4) is 5.40 Å². The van der Waals surface area contributed by atoms with Gasteiger partial charge in [-0.3, -0.25) is 0 Å². The molecule has 8 heteroatoms. The fourth-order valence-electron chi connectivity index (χ4n) is 0. The molecule has 0 radical (unpaired) electrons. The number of nitriles is 1. The zero-order chi connectivity index (χ0) is 7.21. The summed E-state index contributed by atoms with van der Waals surface area (Å²) in [5.74, 6) is 0. The van der Waals surface area contributed by atoms with Crippen LogP contribution < -0.4 is 0 Å². The Labute approximate surface area is 97.7 Å². The molecule has 0 amide bonds. The van der Waals surface area contributed by atoms with Gasteiger partial charge in [-0.05, 0) is 0 Å². The van der Waals surface area contributed by atoms with E-state index in [2.05, 4.69) is 12.6 Å². The van der Waals surface area contributed by atoms with Gasteiger partial charge >= 0.3 is 58.6 Å². The average Bonchev–Trinajstić information content (AvgIpc) is 1.27. The predicted octanol–water partition coefficient (Wildman–Crippen LogP) is 1.05. The summed E-state index contributed by atoms with van der Waals surface area (Å²) in [6, 6.07) is 0. The van der Waals surface area contributed by atoms with Gasteiger partial charge in [0.15, 0.2) is 0 Å². The molecule has 0 bridgehead atoms. The Morgan fingerprint density at radius 3 is 1.22 bits per heavy atom. The van der Waals surface area contributed by atoms with Crippen molar-refractivity contribution < 1.29 is 17.3 Å². The van der Waals surface area contributed by atoms with Crippen LogP contribution >= 0.6 is 12.6 Å². The zero-order valence-electron chi connectivity index (χ0n) is 3.48. The molecule has 0 aromatic carbocycles. The second kappa shape index (κ2) is 9.26. The summed E-state index contributed by atoms with van der Waals surface area (Å²) in [6.45, 7) is 0. The first-order valence-corrected chi connectivity index (χ1v) is 1.77. The van der Waals surface area contributed by atoms with Crippen molar-refractivity contribution in [3.63, 3.8) is 0 Å². The predicted molar refractivity (Wildman–Crippen MR) is 31.9 cm³/mol. The minimum absolute atomic E-state index is 0. The maximum absolute atomic E-state index is 9.75. The van der Waals surface area contributed by atoms with Crippen molar-refractivity contribution in [1.82, 2.24) is 0 Å². The maximum atomic E-state index is 9.75. The molecule has 0 saturated carbocycles. The van der Waals surface area contributed by atoms with Crippen LogP contribution in [0.15, 0.2) is 0 Å². The van der Waals surface area contributed by atoms with Gasteiger partial charge in [0, 0.05) is 0 Å². The topological polar surface area (TPSA) is 23.8 Å². The van der Waals surface area contributed by atoms with Crippen LogP contribution in [-0.4, -0.2) is 58.6 Å². The third-order valence-electron chi connectivity index (χ3n) is 0. The summed E-state index contributed by atoms with van der Waals surface area (Å²) >= 11 is 3.09. The van der Waals surface area contributed by atoms with Crippen LogP contribution in [0.1, 0.15) is 0 Å². The fraction of sp³-hybridized carbons (Fsp3) is 0. The van der Waals surface area contributed by atoms with Crippen LogP contribution in [0.2, 0.25) is 0 Å². The van der Waals surface area contributed by atoms with Crippen LogP contribution in [0.5, 0.6) is 0 Å². The summed E-state index contributed by atoms with van der Waals surface area (Å²) in [5.41, 5.74) is 0. The first-order valence-electron chi connectivity index (χ1n) is 1.32. The van der Waals surface area contributed by atoms with Crippen molar-refractivity contribution in [2.45, 2.75) is 0 Å². The second-order valence-electron chi connectivity index (χ2n) is 0.595. The fourth-order valence-corrected chi connectivity index (χ4v) is 0. The van der Waals surface area contributed by atoms with Crippen molar-refractivity contribution in [3.05, 3.63) is 0 Å². The minimum atomic E-state index is -6.00. The number of hydrogen-bond donors (Lipinski definition) is 1. The van der Waals surface area contributed by atoms with Crippen molar-refractivity contribution in [2.75, 3.05) is 0 Å². The molecule has 0 aromatic rings. The summed E-state index contributed by atoms with van der Waals surface area (Å²) < 4.78 is 39.0. The second-order valence-corrected chi connectivity index (χ2v) is 0.795. The number of thiol groups is 1. The number of hydrogen-bond acceptors (Lipinski definition) is 2. The van der Waals surface area contributed by atoms with Gasteiger partial charge in [0.25, 0.3) is 0 Å². The molecule has 0 N–H and O–H groups in total. The van der Waals surface area contributed by atoms with E-state index < -0.39 is 7.25 Å². The molecule has 9 heavy (non-hydrogen) atoms. The van der Waals surface area contributed by atoms with E-state index in [0.29, 0.717) is 0 Å². The molecule has 0 heterocycles. The molecule has 50 valence electrons. The normalized spacial score (nSPS) is 7.56. The van der Waals surface area contributed by atoms with E-state index in [4.69, 9.17) is 5.26 Å². The molecule has 0 aromatic heterocycles. The number of rotatable bonds is 0. The molecule has 0 aliphatic rings. The molecule has 0 rings (SSSR count). The van der Waals surface area contributed by atoms with E-state index in [1.165, 1.54) is 5.40 Å². The van der Waals surface area contributed by atoms with Crippen LogP contribution in [0.4, 0.5) is 17.3 Å². The summed E-state index contributed by atoms with van der Waals surface area (Å²) in [6.07, 6.45) is 0. The van der Waals surface area contributed by atoms with Crippen molar-refractivity contribution in [2.24, 2.45) is 0 Å².